The van der Waals surface area contributed by atoms with Gasteiger partial charge in [-0.1, -0.05) is 11.8 Å². The van der Waals surface area contributed by atoms with Crippen molar-refractivity contribution in [2.24, 2.45) is 0 Å². The molecule has 0 radical (unpaired) electrons. The lowest BCUT2D eigenvalue weighted by atomic mass is 10.3. The van der Waals surface area contributed by atoms with Crippen LogP contribution >= 0.6 is 11.8 Å². The summed E-state index contributed by atoms with van der Waals surface area (Å²) in [4.78, 5) is 26.3. The molecule has 88 valence electrons. The number of anilines is 1. The van der Waals surface area contributed by atoms with Crippen molar-refractivity contribution < 1.29 is 14.3 Å². The van der Waals surface area contributed by atoms with Crippen LogP contribution in [-0.4, -0.2) is 40.0 Å². The summed E-state index contributed by atoms with van der Waals surface area (Å²) in [5.41, 5.74) is 5.50. The summed E-state index contributed by atoms with van der Waals surface area (Å²) < 4.78 is 5.42. The molecule has 8 heteroatoms. The van der Waals surface area contributed by atoms with Gasteiger partial charge < -0.3 is 10.5 Å². The number of aromatic nitrogens is 3. The summed E-state index contributed by atoms with van der Waals surface area (Å²) in [5, 5.41) is 4.29. The minimum absolute atomic E-state index is 0.00321. The van der Waals surface area contributed by atoms with Gasteiger partial charge in [-0.3, -0.25) is 9.59 Å². The van der Waals surface area contributed by atoms with E-state index in [-0.39, 0.29) is 24.7 Å². The van der Waals surface area contributed by atoms with Crippen molar-refractivity contribution in [2.45, 2.75) is 18.0 Å². The highest BCUT2D eigenvalue weighted by Crippen LogP contribution is 2.11. The number of carbonyl (C=O) groups excluding carboxylic acids is 2. The molecular weight excluding hydrogens is 232 g/mol. The Balaban J connectivity index is 2.65. The van der Waals surface area contributed by atoms with Crippen LogP contribution in [-0.2, 0) is 9.53 Å². The second kappa shape index (κ2) is 5.50. The fourth-order valence-electron chi connectivity index (χ4n) is 0.991. The van der Waals surface area contributed by atoms with E-state index in [0.29, 0.717) is 5.16 Å². The lowest BCUT2D eigenvalue weighted by Crippen LogP contribution is -2.16. The molecule has 0 saturated heterocycles. The van der Waals surface area contributed by atoms with Gasteiger partial charge in [0.1, 0.15) is 0 Å². The first-order valence-electron chi connectivity index (χ1n) is 4.45. The lowest BCUT2D eigenvalue weighted by molar-refractivity contribution is -0.140. The average molecular weight is 244 g/mol. The summed E-state index contributed by atoms with van der Waals surface area (Å²) >= 11 is 1.28. The second-order valence-corrected chi connectivity index (χ2v) is 3.61. The monoisotopic (exact) mass is 244 g/mol. The van der Waals surface area contributed by atoms with Crippen molar-refractivity contribution in [2.75, 3.05) is 19.1 Å². The number of carbonyl (C=O) groups is 2. The molecule has 0 bridgehead atoms. The Kier molecular flexibility index (Phi) is 4.29. The molecule has 2 N–H and O–H groups in total. The van der Waals surface area contributed by atoms with Crippen molar-refractivity contribution in [3.05, 3.63) is 0 Å². The third kappa shape index (κ3) is 2.96. The van der Waals surface area contributed by atoms with E-state index in [4.69, 9.17) is 5.73 Å². The molecule has 0 aromatic carbocycles. The second-order valence-electron chi connectivity index (χ2n) is 2.84. The molecule has 1 aromatic rings. The van der Waals surface area contributed by atoms with Gasteiger partial charge in [0.25, 0.3) is 5.91 Å². The number of hydrogen-bond acceptors (Lipinski definition) is 7. The Hall–Kier alpha value is -1.57. The van der Waals surface area contributed by atoms with Crippen molar-refractivity contribution in [1.82, 2.24) is 14.8 Å². The number of ether oxygens (including phenoxy) is 1. The lowest BCUT2D eigenvalue weighted by Gasteiger charge is -2.00. The molecule has 0 aliphatic rings. The first kappa shape index (κ1) is 12.5. The predicted molar refractivity (Wildman–Crippen MR) is 58.1 cm³/mol. The third-order valence-electron chi connectivity index (χ3n) is 1.80. The van der Waals surface area contributed by atoms with Gasteiger partial charge in [0.2, 0.25) is 11.1 Å². The highest BCUT2D eigenvalue weighted by atomic mass is 32.2. The number of esters is 1. The van der Waals surface area contributed by atoms with Crippen LogP contribution in [0.15, 0.2) is 5.16 Å². The zero-order valence-corrected chi connectivity index (χ0v) is 9.78. The standard InChI is InChI=1S/C8H12N4O3S/c1-15-6(14)4-3-5(13)12-7(9)10-8(11-12)16-2/h3-4H2,1-2H3,(H2,9,10,11). The molecule has 1 rings (SSSR count). The highest BCUT2D eigenvalue weighted by Gasteiger charge is 2.14. The number of hydrogen-bond donors (Lipinski definition) is 1. The SMILES string of the molecule is COC(=O)CCC(=O)n1nc(SC)nc1N. The van der Waals surface area contributed by atoms with Crippen molar-refractivity contribution in [3.63, 3.8) is 0 Å². The van der Waals surface area contributed by atoms with E-state index in [2.05, 4.69) is 14.8 Å². The fraction of sp³-hybridized carbons (Fsp3) is 0.500. The molecule has 7 nitrogen and oxygen atoms in total. The largest absolute Gasteiger partial charge is 0.469 e. The number of nitrogens with zero attached hydrogens (tertiary/aromatic N) is 3. The number of thioether (sulfide) groups is 1. The molecule has 0 aliphatic carbocycles. The molecule has 0 amide bonds. The molecule has 1 aromatic heterocycles. The Morgan fingerprint density at radius 2 is 2.19 bits per heavy atom. The van der Waals surface area contributed by atoms with Gasteiger partial charge in [-0.2, -0.15) is 9.67 Å². The normalized spacial score (nSPS) is 10.1. The van der Waals surface area contributed by atoms with E-state index in [1.807, 2.05) is 0 Å². The van der Waals surface area contributed by atoms with E-state index in [9.17, 15) is 9.59 Å². The molecule has 0 spiro atoms. The molecular formula is C8H12N4O3S. The summed E-state index contributed by atoms with van der Waals surface area (Å²) in [5.74, 6) is -0.799. The van der Waals surface area contributed by atoms with Crippen LogP contribution < -0.4 is 5.73 Å². The molecule has 0 aliphatic heterocycles. The van der Waals surface area contributed by atoms with Gasteiger partial charge in [0, 0.05) is 6.42 Å². The molecule has 0 atom stereocenters. The van der Waals surface area contributed by atoms with E-state index in [1.54, 1.807) is 6.26 Å². The van der Waals surface area contributed by atoms with Gasteiger partial charge in [-0.15, -0.1) is 5.10 Å². The van der Waals surface area contributed by atoms with Crippen LogP contribution in [0.1, 0.15) is 17.6 Å². The van der Waals surface area contributed by atoms with Crippen molar-refractivity contribution >= 4 is 29.6 Å². The van der Waals surface area contributed by atoms with E-state index >= 15 is 0 Å². The topological polar surface area (TPSA) is 100 Å². The number of nitrogen functional groups attached to an aromatic ring is 1. The molecule has 0 saturated carbocycles. The van der Waals surface area contributed by atoms with Gasteiger partial charge in [0.05, 0.1) is 13.5 Å². The van der Waals surface area contributed by atoms with Gasteiger partial charge in [-0.05, 0) is 6.26 Å². The van der Waals surface area contributed by atoms with Crippen molar-refractivity contribution in [3.8, 4) is 0 Å². The van der Waals surface area contributed by atoms with E-state index in [1.165, 1.54) is 18.9 Å². The van der Waals surface area contributed by atoms with Crippen LogP contribution in [0.2, 0.25) is 0 Å². The maximum Gasteiger partial charge on any atom is 0.306 e. The van der Waals surface area contributed by atoms with Crippen molar-refractivity contribution in [1.29, 1.82) is 0 Å². The first-order valence-corrected chi connectivity index (χ1v) is 5.67. The minimum atomic E-state index is -0.447. The maximum atomic E-state index is 11.6. The smallest absolute Gasteiger partial charge is 0.306 e. The summed E-state index contributed by atoms with van der Waals surface area (Å²) in [6, 6.07) is 0. The molecule has 1 heterocycles. The summed E-state index contributed by atoms with van der Waals surface area (Å²) in [6.45, 7) is 0. The van der Waals surface area contributed by atoms with Crippen LogP contribution in [0.25, 0.3) is 0 Å². The third-order valence-corrected chi connectivity index (χ3v) is 2.34. The summed E-state index contributed by atoms with van der Waals surface area (Å²) in [7, 11) is 1.27. The Labute approximate surface area is 96.3 Å². The zero-order valence-electron chi connectivity index (χ0n) is 8.97. The summed E-state index contributed by atoms with van der Waals surface area (Å²) in [6.07, 6.45) is 1.77. The van der Waals surface area contributed by atoms with Gasteiger partial charge in [-0.25, -0.2) is 0 Å². The average Bonchev–Trinajstić information content (AvgIpc) is 2.67. The Bertz CT molecular complexity index is 404. The molecule has 0 fully saturated rings. The number of nitrogens with two attached hydrogens (primary N) is 1. The van der Waals surface area contributed by atoms with Gasteiger partial charge >= 0.3 is 5.97 Å². The van der Waals surface area contributed by atoms with Crippen LogP contribution in [0, 0.1) is 0 Å². The zero-order chi connectivity index (χ0) is 12.1. The maximum absolute atomic E-state index is 11.6. The predicted octanol–water partition coefficient (Wildman–Crippen LogP) is 0.176. The van der Waals surface area contributed by atoms with E-state index < -0.39 is 5.97 Å². The first-order chi connectivity index (χ1) is 7.58. The van der Waals surface area contributed by atoms with Crippen LogP contribution in [0.5, 0.6) is 0 Å². The van der Waals surface area contributed by atoms with E-state index in [0.717, 1.165) is 4.68 Å². The number of rotatable bonds is 4. The van der Waals surface area contributed by atoms with Crippen LogP contribution in [0.4, 0.5) is 5.95 Å². The van der Waals surface area contributed by atoms with Crippen LogP contribution in [0.3, 0.4) is 0 Å². The minimum Gasteiger partial charge on any atom is -0.469 e. The number of methoxy groups -OCH3 is 1. The Morgan fingerprint density at radius 3 is 2.69 bits per heavy atom. The molecule has 0 unspecified atom stereocenters. The Morgan fingerprint density at radius 1 is 1.50 bits per heavy atom. The molecule has 16 heavy (non-hydrogen) atoms. The van der Waals surface area contributed by atoms with Gasteiger partial charge in [0.15, 0.2) is 0 Å². The fourth-order valence-corrected chi connectivity index (χ4v) is 1.34. The highest BCUT2D eigenvalue weighted by molar-refractivity contribution is 7.98. The quantitative estimate of drug-likeness (QED) is 0.595.